The van der Waals surface area contributed by atoms with Crippen LogP contribution in [0.2, 0.25) is 0 Å². The molecule has 2 atom stereocenters. The van der Waals surface area contributed by atoms with Crippen molar-refractivity contribution in [1.82, 2.24) is 10.6 Å². The van der Waals surface area contributed by atoms with Gasteiger partial charge >= 0.3 is 0 Å². The number of rotatable bonds is 9. The number of nitrogens with one attached hydrogen (secondary N) is 2. The molecule has 0 bridgehead atoms. The van der Waals surface area contributed by atoms with Crippen LogP contribution in [0.5, 0.6) is 0 Å². The van der Waals surface area contributed by atoms with Gasteiger partial charge in [0, 0.05) is 6.42 Å². The maximum Gasteiger partial charge on any atom is 0.242 e. The van der Waals surface area contributed by atoms with Gasteiger partial charge < -0.3 is 10.6 Å². The summed E-state index contributed by atoms with van der Waals surface area (Å²) in [6.07, 6.45) is 12.0. The number of hydrogen-bond donors (Lipinski definition) is 2. The molecule has 0 heterocycles. The van der Waals surface area contributed by atoms with E-state index in [1.54, 1.807) is 6.92 Å². The Morgan fingerprint density at radius 2 is 1.96 bits per heavy atom. The van der Waals surface area contributed by atoms with Crippen LogP contribution in [0.25, 0.3) is 0 Å². The largest absolute Gasteiger partial charge is 0.348 e. The lowest BCUT2D eigenvalue weighted by molar-refractivity contribution is -0.128. The third-order valence-corrected chi connectivity index (χ3v) is 4.48. The summed E-state index contributed by atoms with van der Waals surface area (Å²) in [4.78, 5) is 24.2. The van der Waals surface area contributed by atoms with E-state index in [1.165, 1.54) is 11.1 Å². The molecule has 0 saturated carbocycles. The Bertz CT molecular complexity index is 649. The SMILES string of the molecule is CC1=C[C]=C[C@@H](NC(=O)[C@H](C)NC(=O)CCCCCc2ccccc2)C1. The molecule has 0 unspecified atom stereocenters. The van der Waals surface area contributed by atoms with Gasteiger partial charge in [-0.2, -0.15) is 0 Å². The van der Waals surface area contributed by atoms with Crippen molar-refractivity contribution in [3.05, 3.63) is 59.7 Å². The molecule has 26 heavy (non-hydrogen) atoms. The van der Waals surface area contributed by atoms with Crippen LogP contribution in [0, 0.1) is 6.08 Å². The average Bonchev–Trinajstić information content (AvgIpc) is 2.62. The van der Waals surface area contributed by atoms with E-state index in [-0.39, 0.29) is 17.9 Å². The molecule has 2 amide bonds. The lowest BCUT2D eigenvalue weighted by atomic mass is 10.0. The first-order valence-electron chi connectivity index (χ1n) is 9.43. The van der Waals surface area contributed by atoms with Gasteiger partial charge in [-0.3, -0.25) is 9.59 Å². The second-order valence-electron chi connectivity index (χ2n) is 6.98. The Kier molecular flexibility index (Phi) is 8.13. The summed E-state index contributed by atoms with van der Waals surface area (Å²) in [7, 11) is 0. The monoisotopic (exact) mass is 353 g/mol. The summed E-state index contributed by atoms with van der Waals surface area (Å²) in [5.74, 6) is -0.214. The normalized spacial score (nSPS) is 17.3. The number of benzene rings is 1. The molecule has 1 radical (unpaired) electrons. The molecule has 4 nitrogen and oxygen atoms in total. The van der Waals surface area contributed by atoms with Crippen molar-refractivity contribution in [1.29, 1.82) is 0 Å². The maximum absolute atomic E-state index is 12.2. The fraction of sp³-hybridized carbons (Fsp3) is 0.455. The second kappa shape index (κ2) is 10.6. The van der Waals surface area contributed by atoms with Crippen molar-refractivity contribution in [3.63, 3.8) is 0 Å². The molecule has 0 saturated heterocycles. The summed E-state index contributed by atoms with van der Waals surface area (Å²) in [5, 5.41) is 5.73. The van der Waals surface area contributed by atoms with Gasteiger partial charge in [0.2, 0.25) is 11.8 Å². The minimum atomic E-state index is -0.522. The fourth-order valence-electron chi connectivity index (χ4n) is 2.99. The van der Waals surface area contributed by atoms with E-state index in [9.17, 15) is 9.59 Å². The summed E-state index contributed by atoms with van der Waals surface area (Å²) in [5.41, 5.74) is 2.52. The van der Waals surface area contributed by atoms with Crippen molar-refractivity contribution in [2.45, 2.75) is 64.5 Å². The number of allylic oxidation sites excluding steroid dienone is 2. The van der Waals surface area contributed by atoms with Crippen molar-refractivity contribution in [3.8, 4) is 0 Å². The van der Waals surface area contributed by atoms with Gasteiger partial charge in [-0.05, 0) is 51.2 Å². The van der Waals surface area contributed by atoms with Gasteiger partial charge in [0.1, 0.15) is 6.04 Å². The highest BCUT2D eigenvalue weighted by molar-refractivity contribution is 5.87. The third-order valence-electron chi connectivity index (χ3n) is 4.48. The second-order valence-corrected chi connectivity index (χ2v) is 6.98. The van der Waals surface area contributed by atoms with Gasteiger partial charge in [0.05, 0.1) is 6.04 Å². The van der Waals surface area contributed by atoms with Crippen LogP contribution in [0.3, 0.4) is 0 Å². The summed E-state index contributed by atoms with van der Waals surface area (Å²) >= 11 is 0. The molecule has 1 aliphatic carbocycles. The molecule has 0 aliphatic heterocycles. The van der Waals surface area contributed by atoms with Gasteiger partial charge in [-0.1, -0.05) is 54.5 Å². The predicted octanol–water partition coefficient (Wildman–Crippen LogP) is 3.49. The first-order valence-corrected chi connectivity index (χ1v) is 9.43. The van der Waals surface area contributed by atoms with Crippen LogP contribution < -0.4 is 10.6 Å². The van der Waals surface area contributed by atoms with E-state index in [1.807, 2.05) is 37.3 Å². The molecule has 0 fully saturated rings. The summed E-state index contributed by atoms with van der Waals surface area (Å²) < 4.78 is 0. The number of carbonyl (C=O) groups excluding carboxylic acids is 2. The highest BCUT2D eigenvalue weighted by atomic mass is 16.2. The Labute approximate surface area is 156 Å². The highest BCUT2D eigenvalue weighted by Gasteiger charge is 2.19. The van der Waals surface area contributed by atoms with Crippen LogP contribution in [0.4, 0.5) is 0 Å². The van der Waals surface area contributed by atoms with E-state index in [0.29, 0.717) is 6.42 Å². The number of amides is 2. The molecule has 0 spiro atoms. The third kappa shape index (κ3) is 7.26. The zero-order valence-corrected chi connectivity index (χ0v) is 15.8. The standard InChI is InChI=1S/C22H29N2O2/c1-17-10-9-14-20(16-17)24-22(26)18(2)23-21(25)15-8-4-7-13-19-11-5-3-6-12-19/h3,5-6,10-12,14,18,20H,4,7-8,13,15-16H2,1-2H3,(H,23,25)(H,24,26)/t18-,20+/m0/s1. The fourth-order valence-corrected chi connectivity index (χ4v) is 2.99. The van der Waals surface area contributed by atoms with E-state index in [2.05, 4.69) is 28.8 Å². The zero-order chi connectivity index (χ0) is 18.8. The molecule has 139 valence electrons. The highest BCUT2D eigenvalue weighted by Crippen LogP contribution is 2.11. The first-order chi connectivity index (χ1) is 12.5. The number of carbonyl (C=O) groups is 2. The molecular weight excluding hydrogens is 324 g/mol. The molecule has 4 heteroatoms. The number of hydrogen-bond acceptors (Lipinski definition) is 2. The predicted molar refractivity (Wildman–Crippen MR) is 104 cm³/mol. The van der Waals surface area contributed by atoms with Gasteiger partial charge in [0.15, 0.2) is 0 Å². The minimum Gasteiger partial charge on any atom is -0.348 e. The number of unbranched alkanes of at least 4 members (excludes halogenated alkanes) is 2. The molecule has 1 aromatic rings. The van der Waals surface area contributed by atoms with Crippen LogP contribution in [0.15, 0.2) is 48.1 Å². The minimum absolute atomic E-state index is 0.0372. The van der Waals surface area contributed by atoms with E-state index >= 15 is 0 Å². The van der Waals surface area contributed by atoms with E-state index in [0.717, 1.165) is 32.1 Å². The molecule has 2 rings (SSSR count). The van der Waals surface area contributed by atoms with Gasteiger partial charge in [-0.15, -0.1) is 0 Å². The number of aryl methyl sites for hydroxylation is 1. The maximum atomic E-state index is 12.2. The quantitative estimate of drug-likeness (QED) is 0.668. The van der Waals surface area contributed by atoms with E-state index in [4.69, 9.17) is 0 Å². The van der Waals surface area contributed by atoms with Crippen molar-refractivity contribution in [2.75, 3.05) is 0 Å². The van der Waals surface area contributed by atoms with Crippen LogP contribution >= 0.6 is 0 Å². The zero-order valence-electron chi connectivity index (χ0n) is 15.8. The molecule has 0 aromatic heterocycles. The first kappa shape index (κ1) is 20.0. The Morgan fingerprint density at radius 1 is 1.19 bits per heavy atom. The smallest absolute Gasteiger partial charge is 0.242 e. The topological polar surface area (TPSA) is 58.2 Å². The van der Waals surface area contributed by atoms with Crippen molar-refractivity contribution < 1.29 is 9.59 Å². The summed E-state index contributed by atoms with van der Waals surface area (Å²) in [6, 6.07) is 9.82. The molecular formula is C22H29N2O2. The van der Waals surface area contributed by atoms with Crippen molar-refractivity contribution >= 4 is 11.8 Å². The Balaban J connectivity index is 1.58. The molecule has 1 aliphatic rings. The van der Waals surface area contributed by atoms with E-state index < -0.39 is 6.04 Å². The lowest BCUT2D eigenvalue weighted by Crippen LogP contribution is -2.47. The van der Waals surface area contributed by atoms with Gasteiger partial charge in [0.25, 0.3) is 0 Å². The molecule has 1 aromatic carbocycles. The Hall–Kier alpha value is -2.36. The average molecular weight is 353 g/mol. The van der Waals surface area contributed by atoms with Crippen LogP contribution in [-0.4, -0.2) is 23.9 Å². The van der Waals surface area contributed by atoms with Crippen LogP contribution in [-0.2, 0) is 16.0 Å². The summed E-state index contributed by atoms with van der Waals surface area (Å²) in [6.45, 7) is 3.74. The van der Waals surface area contributed by atoms with Crippen LogP contribution in [0.1, 0.15) is 51.5 Å². The van der Waals surface area contributed by atoms with Crippen molar-refractivity contribution in [2.24, 2.45) is 0 Å². The van der Waals surface area contributed by atoms with Gasteiger partial charge in [-0.25, -0.2) is 0 Å². The molecule has 2 N–H and O–H groups in total. The Morgan fingerprint density at radius 3 is 2.69 bits per heavy atom. The lowest BCUT2D eigenvalue weighted by Gasteiger charge is -2.21.